The Labute approximate surface area is 128 Å². The zero-order valence-corrected chi connectivity index (χ0v) is 12.6. The molecule has 0 aliphatic carbocycles. The van der Waals surface area contributed by atoms with Crippen LogP contribution in [0.2, 0.25) is 0 Å². The van der Waals surface area contributed by atoms with Crippen LogP contribution in [0.5, 0.6) is 0 Å². The summed E-state index contributed by atoms with van der Waals surface area (Å²) in [5.41, 5.74) is 0.639. The van der Waals surface area contributed by atoms with Crippen molar-refractivity contribution >= 4 is 23.6 Å². The number of carbonyl (C=O) groups is 2. The third-order valence-electron chi connectivity index (χ3n) is 3.77. The first-order valence-electron chi connectivity index (χ1n) is 7.07. The van der Waals surface area contributed by atoms with Gasteiger partial charge in [-0.15, -0.1) is 11.8 Å². The number of morpholine rings is 1. The zero-order chi connectivity index (χ0) is 14.7. The number of thioether (sulfide) groups is 1. The fourth-order valence-corrected chi connectivity index (χ4v) is 3.73. The van der Waals surface area contributed by atoms with E-state index in [1.807, 2.05) is 23.1 Å². The van der Waals surface area contributed by atoms with Crippen LogP contribution in [0.1, 0.15) is 10.4 Å². The molecule has 1 atom stereocenters. The largest absolute Gasteiger partial charge is 0.378 e. The molecular weight excluding hydrogens is 288 g/mol. The third kappa shape index (κ3) is 3.06. The minimum atomic E-state index is -0.346. The van der Waals surface area contributed by atoms with Gasteiger partial charge in [-0.05, 0) is 12.1 Å². The molecule has 2 aliphatic heterocycles. The summed E-state index contributed by atoms with van der Waals surface area (Å²) in [7, 11) is 0. The molecule has 1 aromatic carbocycles. The summed E-state index contributed by atoms with van der Waals surface area (Å²) in [6.45, 7) is 2.40. The molecule has 3 rings (SSSR count). The molecule has 21 heavy (non-hydrogen) atoms. The highest BCUT2D eigenvalue weighted by atomic mass is 32.2. The van der Waals surface area contributed by atoms with E-state index in [-0.39, 0.29) is 17.9 Å². The van der Waals surface area contributed by atoms with Gasteiger partial charge in [0.05, 0.1) is 19.1 Å². The Morgan fingerprint density at radius 2 is 1.86 bits per heavy atom. The Kier molecular flexibility index (Phi) is 4.45. The van der Waals surface area contributed by atoms with Crippen LogP contribution in [0, 0.1) is 0 Å². The predicted octanol–water partition coefficient (Wildman–Crippen LogP) is 1.06. The summed E-state index contributed by atoms with van der Waals surface area (Å²) in [6.07, 6.45) is 0. The summed E-state index contributed by atoms with van der Waals surface area (Å²) < 4.78 is 5.28. The molecule has 2 fully saturated rings. The number of ether oxygens (including phenoxy) is 1. The van der Waals surface area contributed by atoms with Crippen LogP contribution in [0.25, 0.3) is 0 Å². The van der Waals surface area contributed by atoms with Gasteiger partial charge < -0.3 is 14.5 Å². The summed E-state index contributed by atoms with van der Waals surface area (Å²) in [5.74, 6) is 1.24. The van der Waals surface area contributed by atoms with E-state index in [1.54, 1.807) is 28.8 Å². The van der Waals surface area contributed by atoms with Crippen molar-refractivity contribution in [2.75, 3.05) is 37.9 Å². The molecule has 0 spiro atoms. The van der Waals surface area contributed by atoms with E-state index < -0.39 is 0 Å². The average Bonchev–Trinajstić information content (AvgIpc) is 3.04. The molecule has 2 saturated heterocycles. The minimum Gasteiger partial charge on any atom is -0.378 e. The van der Waals surface area contributed by atoms with Gasteiger partial charge in [0, 0.05) is 24.4 Å². The Morgan fingerprint density at radius 1 is 1.14 bits per heavy atom. The van der Waals surface area contributed by atoms with E-state index in [1.165, 1.54) is 0 Å². The highest BCUT2D eigenvalue weighted by molar-refractivity contribution is 7.99. The number of hydrogen-bond donors (Lipinski definition) is 0. The molecule has 6 heteroatoms. The normalized spacial score (nSPS) is 22.4. The van der Waals surface area contributed by atoms with Gasteiger partial charge in [-0.2, -0.15) is 0 Å². The van der Waals surface area contributed by atoms with Crippen LogP contribution < -0.4 is 0 Å². The van der Waals surface area contributed by atoms with E-state index in [9.17, 15) is 9.59 Å². The summed E-state index contributed by atoms with van der Waals surface area (Å²) in [5, 5.41) is 0. The van der Waals surface area contributed by atoms with Crippen LogP contribution >= 0.6 is 11.8 Å². The van der Waals surface area contributed by atoms with Gasteiger partial charge in [0.1, 0.15) is 6.04 Å². The number of hydrogen-bond acceptors (Lipinski definition) is 4. The van der Waals surface area contributed by atoms with E-state index in [2.05, 4.69) is 0 Å². The lowest BCUT2D eigenvalue weighted by Crippen LogP contribution is -2.52. The Balaban J connectivity index is 1.73. The second-order valence-electron chi connectivity index (χ2n) is 5.09. The van der Waals surface area contributed by atoms with Crippen molar-refractivity contribution in [2.24, 2.45) is 0 Å². The van der Waals surface area contributed by atoms with Crippen molar-refractivity contribution in [3.05, 3.63) is 35.9 Å². The quantitative estimate of drug-likeness (QED) is 0.820. The van der Waals surface area contributed by atoms with E-state index >= 15 is 0 Å². The smallest absolute Gasteiger partial charge is 0.255 e. The van der Waals surface area contributed by atoms with Gasteiger partial charge in [0.25, 0.3) is 5.91 Å². The first kappa shape index (κ1) is 14.4. The van der Waals surface area contributed by atoms with Gasteiger partial charge in [0.2, 0.25) is 5.91 Å². The van der Waals surface area contributed by atoms with Crippen molar-refractivity contribution in [3.63, 3.8) is 0 Å². The second-order valence-corrected chi connectivity index (χ2v) is 6.09. The van der Waals surface area contributed by atoms with Crippen LogP contribution in [0.15, 0.2) is 30.3 Å². The molecule has 0 saturated carbocycles. The maximum atomic E-state index is 12.6. The lowest BCUT2D eigenvalue weighted by atomic mass is 10.1. The summed E-state index contributed by atoms with van der Waals surface area (Å²) >= 11 is 1.63. The van der Waals surface area contributed by atoms with Gasteiger partial charge in [-0.25, -0.2) is 0 Å². The molecule has 5 nitrogen and oxygen atoms in total. The Bertz CT molecular complexity index is 517. The first-order chi connectivity index (χ1) is 10.3. The predicted molar refractivity (Wildman–Crippen MR) is 81.1 cm³/mol. The minimum absolute atomic E-state index is 0.0487. The number of benzene rings is 1. The fourth-order valence-electron chi connectivity index (χ4n) is 2.59. The molecule has 112 valence electrons. The average molecular weight is 306 g/mol. The monoisotopic (exact) mass is 306 g/mol. The molecule has 2 aliphatic rings. The lowest BCUT2D eigenvalue weighted by molar-refractivity contribution is -0.138. The van der Waals surface area contributed by atoms with Crippen molar-refractivity contribution in [2.45, 2.75) is 6.04 Å². The highest BCUT2D eigenvalue weighted by Gasteiger charge is 2.37. The van der Waals surface area contributed by atoms with Crippen molar-refractivity contribution in [1.29, 1.82) is 0 Å². The Hall–Kier alpha value is -1.53. The van der Waals surface area contributed by atoms with Gasteiger partial charge in [-0.1, -0.05) is 18.2 Å². The van der Waals surface area contributed by atoms with Gasteiger partial charge in [-0.3, -0.25) is 9.59 Å². The van der Waals surface area contributed by atoms with E-state index in [4.69, 9.17) is 4.74 Å². The van der Waals surface area contributed by atoms with Crippen LogP contribution in [-0.2, 0) is 9.53 Å². The number of carbonyl (C=O) groups excluding carboxylic acids is 2. The van der Waals surface area contributed by atoms with Crippen LogP contribution in [-0.4, -0.2) is 65.6 Å². The lowest BCUT2D eigenvalue weighted by Gasteiger charge is -2.32. The fraction of sp³-hybridized carbons (Fsp3) is 0.467. The molecule has 0 unspecified atom stereocenters. The van der Waals surface area contributed by atoms with Crippen LogP contribution in [0.4, 0.5) is 0 Å². The molecule has 0 bridgehead atoms. The van der Waals surface area contributed by atoms with E-state index in [0.29, 0.717) is 43.5 Å². The molecule has 0 N–H and O–H groups in total. The maximum absolute atomic E-state index is 12.6. The highest BCUT2D eigenvalue weighted by Crippen LogP contribution is 2.24. The first-order valence-corrected chi connectivity index (χ1v) is 8.23. The zero-order valence-electron chi connectivity index (χ0n) is 11.7. The molecule has 0 aromatic heterocycles. The van der Waals surface area contributed by atoms with Crippen molar-refractivity contribution < 1.29 is 14.3 Å². The molecule has 2 amide bonds. The molecule has 1 aromatic rings. The summed E-state index contributed by atoms with van der Waals surface area (Å²) in [6, 6.07) is 8.81. The second kappa shape index (κ2) is 6.49. The number of amides is 2. The standard InChI is InChI=1S/C15H18N2O3S/c18-14(12-4-2-1-3-5-12)17-11-21-10-13(17)15(19)16-6-8-20-9-7-16/h1-5,13H,6-11H2/t13-/m0/s1. The number of rotatable bonds is 2. The van der Waals surface area contributed by atoms with Gasteiger partial charge >= 0.3 is 0 Å². The van der Waals surface area contributed by atoms with Crippen LogP contribution in [0.3, 0.4) is 0 Å². The maximum Gasteiger partial charge on any atom is 0.255 e. The van der Waals surface area contributed by atoms with Crippen molar-refractivity contribution in [3.8, 4) is 0 Å². The molecular formula is C15H18N2O3S. The Morgan fingerprint density at radius 3 is 2.57 bits per heavy atom. The molecule has 2 heterocycles. The van der Waals surface area contributed by atoms with E-state index in [0.717, 1.165) is 0 Å². The SMILES string of the molecule is O=C([C@@H]1CSCN1C(=O)c1ccccc1)N1CCOCC1. The van der Waals surface area contributed by atoms with Crippen molar-refractivity contribution in [1.82, 2.24) is 9.80 Å². The third-order valence-corrected chi connectivity index (χ3v) is 4.78. The molecule has 0 radical (unpaired) electrons. The van der Waals surface area contributed by atoms with Gasteiger partial charge in [0.15, 0.2) is 0 Å². The summed E-state index contributed by atoms with van der Waals surface area (Å²) in [4.78, 5) is 28.7. The number of nitrogens with zero attached hydrogens (tertiary/aromatic N) is 2. The topological polar surface area (TPSA) is 49.9 Å².